The van der Waals surface area contributed by atoms with Gasteiger partial charge in [-0.25, -0.2) is 9.36 Å². The molecule has 0 radical (unpaired) electrons. The fourth-order valence-corrected chi connectivity index (χ4v) is 3.79. The van der Waals surface area contributed by atoms with E-state index in [-0.39, 0.29) is 12.7 Å². The van der Waals surface area contributed by atoms with E-state index in [0.717, 1.165) is 38.6 Å². The van der Waals surface area contributed by atoms with Crippen LogP contribution in [0.4, 0.5) is 4.79 Å². The first-order valence-corrected chi connectivity index (χ1v) is 9.58. The number of aromatic nitrogens is 2. The molecular formula is C25H20N2O2. The van der Waals surface area contributed by atoms with E-state index in [4.69, 9.17) is 4.74 Å². The van der Waals surface area contributed by atoms with Crippen LogP contribution in [0, 0.1) is 0 Å². The van der Waals surface area contributed by atoms with Crippen LogP contribution in [-0.2, 0) is 18.4 Å². The van der Waals surface area contributed by atoms with Gasteiger partial charge in [-0.05, 0) is 41.5 Å². The van der Waals surface area contributed by atoms with Crippen LogP contribution in [0.15, 0.2) is 91.1 Å². The Hall–Kier alpha value is -3.79. The lowest BCUT2D eigenvalue weighted by molar-refractivity contribution is 0.143. The van der Waals surface area contributed by atoms with Crippen LogP contribution in [0.5, 0.6) is 0 Å². The Morgan fingerprint density at radius 2 is 1.59 bits per heavy atom. The molecule has 5 aromatic rings. The first-order valence-electron chi connectivity index (χ1n) is 9.58. The minimum atomic E-state index is -0.377. The second kappa shape index (κ2) is 6.99. The number of ether oxygens (including phenoxy) is 1. The van der Waals surface area contributed by atoms with Crippen LogP contribution in [0.2, 0.25) is 0 Å². The number of fused-ring (bicyclic) bond motifs is 2. The van der Waals surface area contributed by atoms with Crippen molar-refractivity contribution >= 4 is 27.9 Å². The highest BCUT2D eigenvalue weighted by Gasteiger charge is 2.18. The average molecular weight is 380 g/mol. The van der Waals surface area contributed by atoms with E-state index in [1.54, 1.807) is 4.57 Å². The van der Waals surface area contributed by atoms with Crippen LogP contribution in [0.3, 0.4) is 0 Å². The Morgan fingerprint density at radius 3 is 2.45 bits per heavy atom. The highest BCUT2D eigenvalue weighted by Crippen LogP contribution is 2.31. The third-order valence-corrected chi connectivity index (χ3v) is 5.28. The Morgan fingerprint density at radius 1 is 0.828 bits per heavy atom. The number of rotatable bonds is 3. The van der Waals surface area contributed by atoms with Crippen molar-refractivity contribution in [1.82, 2.24) is 9.13 Å². The van der Waals surface area contributed by atoms with Crippen LogP contribution in [0.25, 0.3) is 33.1 Å². The fraction of sp³-hybridized carbons (Fsp3) is 0.0800. The summed E-state index contributed by atoms with van der Waals surface area (Å²) >= 11 is 0. The number of benzene rings is 3. The molecule has 0 aliphatic rings. The SMILES string of the molecule is Cn1ccc2cc(-c3cc4ccccc4n3C(=O)OCc3ccccc3)ccc21. The van der Waals surface area contributed by atoms with Gasteiger partial charge >= 0.3 is 6.09 Å². The molecule has 0 aliphatic carbocycles. The number of hydrogen-bond donors (Lipinski definition) is 0. The number of nitrogens with zero attached hydrogens (tertiary/aromatic N) is 2. The number of carbonyl (C=O) groups excluding carboxylic acids is 1. The number of aryl methyl sites for hydroxylation is 1. The van der Waals surface area contributed by atoms with Crippen molar-refractivity contribution in [1.29, 1.82) is 0 Å². The van der Waals surface area contributed by atoms with Crippen molar-refractivity contribution in [2.45, 2.75) is 6.61 Å². The van der Waals surface area contributed by atoms with Gasteiger partial charge < -0.3 is 9.30 Å². The first-order chi connectivity index (χ1) is 14.2. The van der Waals surface area contributed by atoms with E-state index in [2.05, 4.69) is 28.8 Å². The zero-order valence-corrected chi connectivity index (χ0v) is 16.1. The molecule has 0 unspecified atom stereocenters. The predicted molar refractivity (Wildman–Crippen MR) is 116 cm³/mol. The molecule has 0 aliphatic heterocycles. The lowest BCUT2D eigenvalue weighted by Gasteiger charge is -2.11. The van der Waals surface area contributed by atoms with Gasteiger partial charge in [0, 0.05) is 29.5 Å². The molecule has 4 heteroatoms. The molecule has 0 saturated carbocycles. The molecule has 4 nitrogen and oxygen atoms in total. The van der Waals surface area contributed by atoms with Gasteiger partial charge in [-0.3, -0.25) is 0 Å². The maximum atomic E-state index is 13.1. The summed E-state index contributed by atoms with van der Waals surface area (Å²) in [7, 11) is 2.03. The average Bonchev–Trinajstić information content (AvgIpc) is 3.33. The first kappa shape index (κ1) is 17.3. The quantitative estimate of drug-likeness (QED) is 0.386. The number of para-hydroxylation sites is 1. The van der Waals surface area contributed by atoms with Crippen molar-refractivity contribution in [3.05, 3.63) is 96.7 Å². The van der Waals surface area contributed by atoms with Gasteiger partial charge in [0.25, 0.3) is 0 Å². The normalized spacial score (nSPS) is 11.2. The van der Waals surface area contributed by atoms with Crippen molar-refractivity contribution in [3.8, 4) is 11.3 Å². The smallest absolute Gasteiger partial charge is 0.419 e. The molecule has 0 N–H and O–H groups in total. The van der Waals surface area contributed by atoms with Crippen molar-refractivity contribution in [2.75, 3.05) is 0 Å². The van der Waals surface area contributed by atoms with Gasteiger partial charge in [-0.1, -0.05) is 54.6 Å². The van der Waals surface area contributed by atoms with Crippen molar-refractivity contribution in [3.63, 3.8) is 0 Å². The Balaban J connectivity index is 1.58. The molecule has 0 spiro atoms. The maximum Gasteiger partial charge on any atom is 0.419 e. The van der Waals surface area contributed by atoms with E-state index >= 15 is 0 Å². The van der Waals surface area contributed by atoms with Crippen molar-refractivity contribution in [2.24, 2.45) is 7.05 Å². The summed E-state index contributed by atoms with van der Waals surface area (Å²) in [6.45, 7) is 0.239. The third-order valence-electron chi connectivity index (χ3n) is 5.28. The molecule has 0 fully saturated rings. The summed E-state index contributed by atoms with van der Waals surface area (Å²) in [5.74, 6) is 0. The molecule has 5 rings (SSSR count). The minimum absolute atomic E-state index is 0.239. The largest absolute Gasteiger partial charge is 0.444 e. The molecule has 142 valence electrons. The van der Waals surface area contributed by atoms with Crippen LogP contribution in [0.1, 0.15) is 5.56 Å². The molecule has 29 heavy (non-hydrogen) atoms. The van der Waals surface area contributed by atoms with E-state index < -0.39 is 0 Å². The summed E-state index contributed by atoms with van der Waals surface area (Å²) in [5.41, 5.74) is 4.77. The van der Waals surface area contributed by atoms with Crippen LogP contribution < -0.4 is 0 Å². The monoisotopic (exact) mass is 380 g/mol. The number of hydrogen-bond acceptors (Lipinski definition) is 2. The highest BCUT2D eigenvalue weighted by molar-refractivity contribution is 5.97. The van der Waals surface area contributed by atoms with Crippen LogP contribution >= 0.6 is 0 Å². The summed E-state index contributed by atoms with van der Waals surface area (Å²) in [6, 6.07) is 28.0. The van der Waals surface area contributed by atoms with Gasteiger partial charge in [-0.2, -0.15) is 0 Å². The maximum absolute atomic E-state index is 13.1. The zero-order valence-electron chi connectivity index (χ0n) is 16.1. The van der Waals surface area contributed by atoms with E-state index in [9.17, 15) is 4.79 Å². The minimum Gasteiger partial charge on any atom is -0.444 e. The zero-order chi connectivity index (χ0) is 19.8. The summed E-state index contributed by atoms with van der Waals surface area (Å²) < 4.78 is 9.41. The topological polar surface area (TPSA) is 36.2 Å². The summed E-state index contributed by atoms with van der Waals surface area (Å²) in [4.78, 5) is 13.1. The molecule has 0 saturated heterocycles. The van der Waals surface area contributed by atoms with Gasteiger partial charge in [0.15, 0.2) is 0 Å². The molecule has 2 heterocycles. The van der Waals surface area contributed by atoms with E-state index in [0.29, 0.717) is 0 Å². The standard InChI is InChI=1S/C25H20N2O2/c1-26-14-13-21-15-20(11-12-22(21)26)24-16-19-9-5-6-10-23(19)27(24)25(28)29-17-18-7-3-2-4-8-18/h2-16H,17H2,1H3. The van der Waals surface area contributed by atoms with E-state index in [1.807, 2.05) is 73.9 Å². The third kappa shape index (κ3) is 3.09. The molecular weight excluding hydrogens is 360 g/mol. The number of carbonyl (C=O) groups is 1. The second-order valence-electron chi connectivity index (χ2n) is 7.16. The fourth-order valence-electron chi connectivity index (χ4n) is 3.79. The summed E-state index contributed by atoms with van der Waals surface area (Å²) in [5, 5.41) is 2.15. The van der Waals surface area contributed by atoms with Gasteiger partial charge in [0.1, 0.15) is 6.61 Å². The van der Waals surface area contributed by atoms with E-state index in [1.165, 1.54) is 0 Å². The molecule has 0 amide bonds. The molecule has 3 aromatic carbocycles. The molecule has 2 aromatic heterocycles. The van der Waals surface area contributed by atoms with Crippen LogP contribution in [-0.4, -0.2) is 15.2 Å². The molecule has 0 atom stereocenters. The van der Waals surface area contributed by atoms with Gasteiger partial charge in [-0.15, -0.1) is 0 Å². The predicted octanol–water partition coefficient (Wildman–Crippen LogP) is 5.98. The lowest BCUT2D eigenvalue weighted by Crippen LogP contribution is -2.14. The Kier molecular flexibility index (Phi) is 4.17. The lowest BCUT2D eigenvalue weighted by atomic mass is 10.1. The molecule has 0 bridgehead atoms. The Labute approximate surface area is 168 Å². The van der Waals surface area contributed by atoms with Gasteiger partial charge in [0.05, 0.1) is 11.2 Å². The van der Waals surface area contributed by atoms with Crippen molar-refractivity contribution < 1.29 is 9.53 Å². The second-order valence-corrected chi connectivity index (χ2v) is 7.16. The Bertz CT molecular complexity index is 1330. The van der Waals surface area contributed by atoms with Gasteiger partial charge in [0.2, 0.25) is 0 Å². The highest BCUT2D eigenvalue weighted by atomic mass is 16.5. The summed E-state index contributed by atoms with van der Waals surface area (Å²) in [6.07, 6.45) is 1.66.